The number of amides is 2. The molecular weight excluding hydrogens is 318 g/mol. The van der Waals surface area contributed by atoms with Crippen molar-refractivity contribution in [1.82, 2.24) is 4.90 Å². The summed E-state index contributed by atoms with van der Waals surface area (Å²) in [7, 11) is 1.89. The van der Waals surface area contributed by atoms with E-state index in [0.29, 0.717) is 32.8 Å². The molecule has 1 saturated heterocycles. The Morgan fingerprint density at radius 1 is 1.20 bits per heavy atom. The molecule has 2 N–H and O–H groups in total. The number of rotatable bonds is 5. The maximum absolute atomic E-state index is 12.6. The molecule has 2 amide bonds. The van der Waals surface area contributed by atoms with Gasteiger partial charge in [0.25, 0.3) is 11.8 Å². The highest BCUT2D eigenvalue weighted by Gasteiger charge is 2.27. The second kappa shape index (κ2) is 8.45. The van der Waals surface area contributed by atoms with Crippen LogP contribution in [0.2, 0.25) is 0 Å². The minimum atomic E-state index is -0.315. The van der Waals surface area contributed by atoms with Crippen molar-refractivity contribution in [2.45, 2.75) is 33.7 Å². The lowest BCUT2D eigenvalue weighted by molar-refractivity contribution is -0.886. The lowest BCUT2D eigenvalue weighted by Crippen LogP contribution is -3.15. The van der Waals surface area contributed by atoms with Crippen molar-refractivity contribution in [3.8, 4) is 0 Å². The number of ether oxygens (including phenoxy) is 1. The van der Waals surface area contributed by atoms with E-state index in [1.165, 1.54) is 5.56 Å². The molecule has 6 nitrogen and oxygen atoms in total. The van der Waals surface area contributed by atoms with E-state index in [9.17, 15) is 9.59 Å². The van der Waals surface area contributed by atoms with Crippen LogP contribution in [-0.4, -0.2) is 62.7 Å². The predicted octanol–water partition coefficient (Wildman–Crippen LogP) is 0.312. The third kappa shape index (κ3) is 5.03. The topological polar surface area (TPSA) is 63.1 Å². The third-order valence-corrected chi connectivity index (χ3v) is 4.85. The van der Waals surface area contributed by atoms with Crippen LogP contribution >= 0.6 is 0 Å². The molecule has 0 radical (unpaired) electrons. The van der Waals surface area contributed by atoms with Crippen LogP contribution in [0.5, 0.6) is 0 Å². The van der Waals surface area contributed by atoms with Crippen LogP contribution in [0.15, 0.2) is 12.1 Å². The Hall–Kier alpha value is -1.92. The number of benzene rings is 1. The summed E-state index contributed by atoms with van der Waals surface area (Å²) < 4.78 is 5.27. The van der Waals surface area contributed by atoms with E-state index in [-0.39, 0.29) is 17.9 Å². The maximum atomic E-state index is 12.6. The highest BCUT2D eigenvalue weighted by molar-refractivity contribution is 5.95. The molecule has 0 aromatic heterocycles. The van der Waals surface area contributed by atoms with Gasteiger partial charge >= 0.3 is 0 Å². The average molecular weight is 348 g/mol. The van der Waals surface area contributed by atoms with Crippen LogP contribution in [0.3, 0.4) is 0 Å². The molecule has 1 aliphatic rings. The molecule has 6 heteroatoms. The number of carbonyl (C=O) groups is 2. The zero-order valence-electron chi connectivity index (χ0n) is 15.9. The molecule has 1 fully saturated rings. The molecule has 0 aliphatic carbocycles. The van der Waals surface area contributed by atoms with E-state index in [4.69, 9.17) is 4.74 Å². The standard InChI is InChI=1S/C19H29N3O3/c1-13-10-14(2)18(15(3)11-13)20-19(24)16(4)21(5)12-17(23)22-6-8-25-9-7-22/h10-11,16H,6-9,12H2,1-5H3,(H,20,24)/p+1/t16-/m1/s1. The van der Waals surface area contributed by atoms with Crippen molar-refractivity contribution >= 4 is 17.5 Å². The summed E-state index contributed by atoms with van der Waals surface area (Å²) in [5.41, 5.74) is 4.16. The van der Waals surface area contributed by atoms with Crippen molar-refractivity contribution in [2.75, 3.05) is 45.2 Å². The Morgan fingerprint density at radius 3 is 2.32 bits per heavy atom. The molecule has 1 aromatic carbocycles. The first-order valence-electron chi connectivity index (χ1n) is 8.86. The zero-order valence-corrected chi connectivity index (χ0v) is 15.9. The number of hydrogen-bond acceptors (Lipinski definition) is 3. The van der Waals surface area contributed by atoms with E-state index in [0.717, 1.165) is 21.7 Å². The lowest BCUT2D eigenvalue weighted by atomic mass is 10.0. The quantitative estimate of drug-likeness (QED) is 0.805. The molecular formula is C19H30N3O3+. The number of nitrogens with one attached hydrogen (secondary N) is 2. The Kier molecular flexibility index (Phi) is 6.56. The van der Waals surface area contributed by atoms with E-state index in [1.54, 1.807) is 0 Å². The molecule has 1 unspecified atom stereocenters. The fourth-order valence-corrected chi connectivity index (χ4v) is 3.15. The summed E-state index contributed by atoms with van der Waals surface area (Å²) in [4.78, 5) is 27.7. The van der Waals surface area contributed by atoms with E-state index < -0.39 is 0 Å². The first-order chi connectivity index (χ1) is 11.8. The van der Waals surface area contributed by atoms with Crippen molar-refractivity contribution in [3.05, 3.63) is 28.8 Å². The van der Waals surface area contributed by atoms with Crippen molar-refractivity contribution < 1.29 is 19.2 Å². The van der Waals surface area contributed by atoms with Gasteiger partial charge in [-0.3, -0.25) is 9.59 Å². The minimum Gasteiger partial charge on any atom is -0.378 e. The number of aryl methyl sites for hydroxylation is 3. The minimum absolute atomic E-state index is 0.0673. The molecule has 0 spiro atoms. The SMILES string of the molecule is Cc1cc(C)c(NC(=O)[C@@H](C)[NH+](C)CC(=O)N2CCOCC2)c(C)c1. The Bertz CT molecular complexity index is 616. The molecule has 138 valence electrons. The first-order valence-corrected chi connectivity index (χ1v) is 8.86. The second-order valence-corrected chi connectivity index (χ2v) is 7.00. The van der Waals surface area contributed by atoms with Gasteiger partial charge in [-0.05, 0) is 38.8 Å². The molecule has 2 rings (SSSR count). The fraction of sp³-hybridized carbons (Fsp3) is 0.579. The highest BCUT2D eigenvalue weighted by atomic mass is 16.5. The van der Waals surface area contributed by atoms with Gasteiger partial charge in [0.2, 0.25) is 0 Å². The highest BCUT2D eigenvalue weighted by Crippen LogP contribution is 2.21. The number of quaternary nitrogens is 1. The third-order valence-electron chi connectivity index (χ3n) is 4.85. The average Bonchev–Trinajstić information content (AvgIpc) is 2.57. The summed E-state index contributed by atoms with van der Waals surface area (Å²) in [6.45, 7) is 10.7. The van der Waals surface area contributed by atoms with Gasteiger partial charge in [-0.2, -0.15) is 0 Å². The molecule has 0 bridgehead atoms. The van der Waals surface area contributed by atoms with Gasteiger partial charge in [0.15, 0.2) is 12.6 Å². The molecule has 1 aliphatic heterocycles. The van der Waals surface area contributed by atoms with Crippen molar-refractivity contribution in [2.24, 2.45) is 0 Å². The summed E-state index contributed by atoms with van der Waals surface area (Å²) >= 11 is 0. The summed E-state index contributed by atoms with van der Waals surface area (Å²) in [5.74, 6) is 0.00507. The van der Waals surface area contributed by atoms with Gasteiger partial charge in [0.1, 0.15) is 0 Å². The predicted molar refractivity (Wildman–Crippen MR) is 97.9 cm³/mol. The van der Waals surface area contributed by atoms with E-state index in [1.807, 2.05) is 39.6 Å². The van der Waals surface area contributed by atoms with Crippen LogP contribution in [0, 0.1) is 20.8 Å². The first kappa shape index (κ1) is 19.4. The van der Waals surface area contributed by atoms with Crippen LogP contribution < -0.4 is 10.2 Å². The van der Waals surface area contributed by atoms with Gasteiger partial charge < -0.3 is 19.9 Å². The van der Waals surface area contributed by atoms with Gasteiger partial charge in [-0.15, -0.1) is 0 Å². The Balaban J connectivity index is 1.96. The molecule has 1 aromatic rings. The van der Waals surface area contributed by atoms with Crippen molar-refractivity contribution in [3.63, 3.8) is 0 Å². The van der Waals surface area contributed by atoms with Gasteiger partial charge in [0, 0.05) is 18.8 Å². The maximum Gasteiger partial charge on any atom is 0.282 e. The van der Waals surface area contributed by atoms with Gasteiger partial charge in [0.05, 0.1) is 20.3 Å². The fourth-order valence-electron chi connectivity index (χ4n) is 3.15. The number of nitrogens with zero attached hydrogens (tertiary/aromatic N) is 1. The summed E-state index contributed by atoms with van der Waals surface area (Å²) in [5, 5.41) is 3.03. The molecule has 1 heterocycles. The molecule has 25 heavy (non-hydrogen) atoms. The summed E-state index contributed by atoms with van der Waals surface area (Å²) in [6.07, 6.45) is 0. The number of morpholine rings is 1. The van der Waals surface area contributed by atoms with Gasteiger partial charge in [-0.1, -0.05) is 17.7 Å². The van der Waals surface area contributed by atoms with Crippen LogP contribution in [-0.2, 0) is 14.3 Å². The van der Waals surface area contributed by atoms with E-state index in [2.05, 4.69) is 17.4 Å². The smallest absolute Gasteiger partial charge is 0.282 e. The van der Waals surface area contributed by atoms with Crippen LogP contribution in [0.1, 0.15) is 23.6 Å². The number of carbonyl (C=O) groups excluding carboxylic acids is 2. The monoisotopic (exact) mass is 348 g/mol. The number of hydrogen-bond donors (Lipinski definition) is 2. The Morgan fingerprint density at radius 2 is 1.76 bits per heavy atom. The van der Waals surface area contributed by atoms with Crippen LogP contribution in [0.4, 0.5) is 5.69 Å². The van der Waals surface area contributed by atoms with Crippen LogP contribution in [0.25, 0.3) is 0 Å². The van der Waals surface area contributed by atoms with E-state index >= 15 is 0 Å². The van der Waals surface area contributed by atoms with Crippen molar-refractivity contribution in [1.29, 1.82) is 0 Å². The largest absolute Gasteiger partial charge is 0.378 e. The Labute approximate surface area is 150 Å². The number of anilines is 1. The normalized spacial score (nSPS) is 17.1. The lowest BCUT2D eigenvalue weighted by Gasteiger charge is -2.29. The number of likely N-dealkylation sites (N-methyl/N-ethyl adjacent to an activating group) is 1. The summed E-state index contributed by atoms with van der Waals surface area (Å²) in [6, 6.07) is 3.81. The van der Waals surface area contributed by atoms with Gasteiger partial charge in [-0.25, -0.2) is 0 Å². The second-order valence-electron chi connectivity index (χ2n) is 7.00. The molecule has 0 saturated carbocycles. The zero-order chi connectivity index (χ0) is 18.6. The molecule has 2 atom stereocenters.